The summed E-state index contributed by atoms with van der Waals surface area (Å²) < 4.78 is 5.75. The summed E-state index contributed by atoms with van der Waals surface area (Å²) in [6.07, 6.45) is -0.679. The third-order valence-corrected chi connectivity index (χ3v) is 4.65. The Morgan fingerprint density at radius 2 is 1.48 bits per heavy atom. The van der Waals surface area contributed by atoms with Crippen LogP contribution in [0.2, 0.25) is 5.02 Å². The summed E-state index contributed by atoms with van der Waals surface area (Å²) in [4.78, 5) is 12.8. The summed E-state index contributed by atoms with van der Waals surface area (Å²) in [5.74, 6) is 0.290. The SMILES string of the molecule is Cc1ccc([C@@H](NC(=O)[C@@H](C)Oc2ccccc2Cl)c2ccccc2)cc1. The number of hydrogen-bond acceptors (Lipinski definition) is 2. The Morgan fingerprint density at radius 3 is 2.15 bits per heavy atom. The van der Waals surface area contributed by atoms with E-state index in [9.17, 15) is 4.79 Å². The zero-order chi connectivity index (χ0) is 19.2. The van der Waals surface area contributed by atoms with Crippen LogP contribution in [0.15, 0.2) is 78.9 Å². The lowest BCUT2D eigenvalue weighted by Crippen LogP contribution is -2.39. The van der Waals surface area contributed by atoms with Crippen LogP contribution < -0.4 is 10.1 Å². The van der Waals surface area contributed by atoms with Gasteiger partial charge in [0.25, 0.3) is 5.91 Å². The van der Waals surface area contributed by atoms with Crippen LogP contribution in [0, 0.1) is 6.92 Å². The van der Waals surface area contributed by atoms with Gasteiger partial charge in [-0.05, 0) is 37.1 Å². The molecule has 27 heavy (non-hydrogen) atoms. The highest BCUT2D eigenvalue weighted by Crippen LogP contribution is 2.25. The van der Waals surface area contributed by atoms with Crippen molar-refractivity contribution in [2.45, 2.75) is 26.0 Å². The summed E-state index contributed by atoms with van der Waals surface area (Å²) in [6, 6.07) is 24.9. The van der Waals surface area contributed by atoms with E-state index < -0.39 is 6.10 Å². The van der Waals surface area contributed by atoms with Crippen LogP contribution in [0.4, 0.5) is 0 Å². The molecule has 0 bridgehead atoms. The third-order valence-electron chi connectivity index (χ3n) is 4.34. The molecule has 4 heteroatoms. The molecule has 1 N–H and O–H groups in total. The second kappa shape index (κ2) is 8.74. The summed E-state index contributed by atoms with van der Waals surface area (Å²) in [7, 11) is 0. The second-order valence-corrected chi connectivity index (χ2v) is 6.86. The minimum Gasteiger partial charge on any atom is -0.479 e. The predicted octanol–water partition coefficient (Wildman–Crippen LogP) is 5.32. The van der Waals surface area contributed by atoms with E-state index in [-0.39, 0.29) is 11.9 Å². The fourth-order valence-corrected chi connectivity index (χ4v) is 2.99. The Kier molecular flexibility index (Phi) is 6.15. The molecule has 0 aliphatic heterocycles. The van der Waals surface area contributed by atoms with Crippen molar-refractivity contribution in [2.75, 3.05) is 0 Å². The molecule has 0 spiro atoms. The number of carbonyl (C=O) groups excluding carboxylic acids is 1. The number of rotatable bonds is 6. The Balaban J connectivity index is 1.80. The molecule has 2 atom stereocenters. The molecule has 0 unspecified atom stereocenters. The quantitative estimate of drug-likeness (QED) is 0.629. The van der Waals surface area contributed by atoms with E-state index in [2.05, 4.69) is 5.32 Å². The maximum Gasteiger partial charge on any atom is 0.261 e. The number of para-hydroxylation sites is 1. The van der Waals surface area contributed by atoms with Crippen molar-refractivity contribution in [3.8, 4) is 5.75 Å². The monoisotopic (exact) mass is 379 g/mol. The van der Waals surface area contributed by atoms with Gasteiger partial charge in [0.2, 0.25) is 0 Å². The van der Waals surface area contributed by atoms with E-state index >= 15 is 0 Å². The van der Waals surface area contributed by atoms with E-state index in [1.54, 1.807) is 19.1 Å². The topological polar surface area (TPSA) is 38.3 Å². The zero-order valence-electron chi connectivity index (χ0n) is 15.4. The van der Waals surface area contributed by atoms with Gasteiger partial charge in [0.15, 0.2) is 6.10 Å². The van der Waals surface area contributed by atoms with Gasteiger partial charge in [-0.25, -0.2) is 0 Å². The van der Waals surface area contributed by atoms with Gasteiger partial charge in [-0.15, -0.1) is 0 Å². The van der Waals surface area contributed by atoms with Crippen LogP contribution in [-0.4, -0.2) is 12.0 Å². The van der Waals surface area contributed by atoms with Crippen molar-refractivity contribution in [1.82, 2.24) is 5.32 Å². The number of carbonyl (C=O) groups is 1. The number of halogens is 1. The van der Waals surface area contributed by atoms with E-state index in [0.29, 0.717) is 10.8 Å². The van der Waals surface area contributed by atoms with Gasteiger partial charge < -0.3 is 10.1 Å². The first kappa shape index (κ1) is 19.0. The highest BCUT2D eigenvalue weighted by atomic mass is 35.5. The minimum atomic E-state index is -0.679. The van der Waals surface area contributed by atoms with Crippen LogP contribution in [0.25, 0.3) is 0 Å². The fraction of sp³-hybridized carbons (Fsp3) is 0.174. The predicted molar refractivity (Wildman–Crippen MR) is 109 cm³/mol. The van der Waals surface area contributed by atoms with Crippen LogP contribution >= 0.6 is 11.6 Å². The largest absolute Gasteiger partial charge is 0.479 e. The molecular formula is C23H22ClNO2. The van der Waals surface area contributed by atoms with Gasteiger partial charge in [0.05, 0.1) is 11.1 Å². The van der Waals surface area contributed by atoms with Gasteiger partial charge in [0.1, 0.15) is 5.75 Å². The number of ether oxygens (including phenoxy) is 1. The number of aryl methyl sites for hydroxylation is 1. The van der Waals surface area contributed by atoms with E-state index in [4.69, 9.17) is 16.3 Å². The normalized spacial score (nSPS) is 12.9. The molecule has 0 aromatic heterocycles. The molecule has 3 nitrogen and oxygen atoms in total. The van der Waals surface area contributed by atoms with Crippen LogP contribution in [0.1, 0.15) is 29.7 Å². The standard InChI is InChI=1S/C23H22ClNO2/c1-16-12-14-19(15-13-16)22(18-8-4-3-5-9-18)25-23(26)17(2)27-21-11-7-6-10-20(21)24/h3-15,17,22H,1-2H3,(H,25,26)/t17-,22+/m1/s1. The van der Waals surface area contributed by atoms with Crippen molar-refractivity contribution in [3.05, 3.63) is 101 Å². The Bertz CT molecular complexity index is 894. The van der Waals surface area contributed by atoms with Crippen molar-refractivity contribution in [3.63, 3.8) is 0 Å². The second-order valence-electron chi connectivity index (χ2n) is 6.45. The number of hydrogen-bond donors (Lipinski definition) is 1. The highest BCUT2D eigenvalue weighted by molar-refractivity contribution is 6.32. The average Bonchev–Trinajstić information content (AvgIpc) is 2.69. The summed E-state index contributed by atoms with van der Waals surface area (Å²) >= 11 is 6.13. The lowest BCUT2D eigenvalue weighted by atomic mass is 9.97. The van der Waals surface area contributed by atoms with Crippen molar-refractivity contribution in [1.29, 1.82) is 0 Å². The number of benzene rings is 3. The van der Waals surface area contributed by atoms with Crippen molar-refractivity contribution >= 4 is 17.5 Å². The maximum atomic E-state index is 12.8. The van der Waals surface area contributed by atoms with Crippen LogP contribution in [0.5, 0.6) is 5.75 Å². The molecule has 3 rings (SSSR count). The van der Waals surface area contributed by atoms with Gasteiger partial charge in [-0.2, -0.15) is 0 Å². The molecule has 0 aliphatic rings. The summed E-state index contributed by atoms with van der Waals surface area (Å²) in [5.41, 5.74) is 3.21. The van der Waals surface area contributed by atoms with E-state index in [1.165, 1.54) is 5.56 Å². The molecular weight excluding hydrogens is 358 g/mol. The first-order chi connectivity index (χ1) is 13.0. The molecule has 3 aromatic carbocycles. The average molecular weight is 380 g/mol. The van der Waals surface area contributed by atoms with Gasteiger partial charge >= 0.3 is 0 Å². The highest BCUT2D eigenvalue weighted by Gasteiger charge is 2.22. The number of nitrogens with one attached hydrogen (secondary N) is 1. The van der Waals surface area contributed by atoms with Gasteiger partial charge in [-0.1, -0.05) is 83.9 Å². The molecule has 1 amide bonds. The first-order valence-electron chi connectivity index (χ1n) is 8.87. The minimum absolute atomic E-state index is 0.204. The lowest BCUT2D eigenvalue weighted by Gasteiger charge is -2.23. The third kappa shape index (κ3) is 4.89. The summed E-state index contributed by atoms with van der Waals surface area (Å²) in [5, 5.41) is 3.58. The molecule has 3 aromatic rings. The molecule has 0 aliphatic carbocycles. The van der Waals surface area contributed by atoms with Crippen LogP contribution in [-0.2, 0) is 4.79 Å². The molecule has 138 valence electrons. The Labute approximate surface area is 164 Å². The van der Waals surface area contributed by atoms with Crippen LogP contribution in [0.3, 0.4) is 0 Å². The van der Waals surface area contributed by atoms with Gasteiger partial charge in [0, 0.05) is 0 Å². The van der Waals surface area contributed by atoms with Crippen molar-refractivity contribution in [2.24, 2.45) is 0 Å². The smallest absolute Gasteiger partial charge is 0.261 e. The molecule has 0 radical (unpaired) electrons. The Hall–Kier alpha value is -2.78. The van der Waals surface area contributed by atoms with Crippen molar-refractivity contribution < 1.29 is 9.53 Å². The number of amides is 1. The van der Waals surface area contributed by atoms with E-state index in [1.807, 2.05) is 73.7 Å². The van der Waals surface area contributed by atoms with Gasteiger partial charge in [-0.3, -0.25) is 4.79 Å². The molecule has 0 heterocycles. The lowest BCUT2D eigenvalue weighted by molar-refractivity contribution is -0.127. The zero-order valence-corrected chi connectivity index (χ0v) is 16.1. The molecule has 0 saturated carbocycles. The molecule has 0 saturated heterocycles. The van der Waals surface area contributed by atoms with E-state index in [0.717, 1.165) is 11.1 Å². The fourth-order valence-electron chi connectivity index (χ4n) is 2.81. The maximum absolute atomic E-state index is 12.8. The summed E-state index contributed by atoms with van der Waals surface area (Å²) in [6.45, 7) is 3.76. The first-order valence-corrected chi connectivity index (χ1v) is 9.25. The Morgan fingerprint density at radius 1 is 0.889 bits per heavy atom. The molecule has 0 fully saturated rings.